The largest absolute Gasteiger partial charge is 0.434 e. The Hall–Kier alpha value is -2.32. The van der Waals surface area contributed by atoms with Gasteiger partial charge in [-0.05, 0) is 12.3 Å². The molecule has 3 rings (SSSR count). The lowest BCUT2D eigenvalue weighted by Crippen LogP contribution is -2.35. The number of alkyl halides is 3. The summed E-state index contributed by atoms with van der Waals surface area (Å²) in [5, 5.41) is 3.81. The number of fused-ring (bicyclic) bond motifs is 1. The quantitative estimate of drug-likeness (QED) is 0.828. The van der Waals surface area contributed by atoms with E-state index in [1.165, 1.54) is 0 Å². The first-order chi connectivity index (χ1) is 12.1. The SMILES string of the molecule is CC(C)c1cc(C(=O)N(C)CC2CCc3nc(C(F)(F)F)cn3C2)no1. The molecule has 2 aromatic heterocycles. The number of aryl methyl sites for hydroxylation is 1. The van der Waals surface area contributed by atoms with Crippen molar-refractivity contribution in [2.45, 2.75) is 45.3 Å². The van der Waals surface area contributed by atoms with Crippen LogP contribution in [0.5, 0.6) is 0 Å². The lowest BCUT2D eigenvalue weighted by molar-refractivity contribution is -0.141. The van der Waals surface area contributed by atoms with Crippen LogP contribution in [0.4, 0.5) is 13.2 Å². The highest BCUT2D eigenvalue weighted by molar-refractivity contribution is 5.92. The number of halogens is 3. The van der Waals surface area contributed by atoms with Gasteiger partial charge in [-0.15, -0.1) is 0 Å². The van der Waals surface area contributed by atoms with E-state index in [0.717, 1.165) is 6.20 Å². The number of nitrogens with zero attached hydrogens (tertiary/aromatic N) is 4. The van der Waals surface area contributed by atoms with Crippen molar-refractivity contribution in [2.24, 2.45) is 5.92 Å². The standard InChI is InChI=1S/C17H21F3N4O2/c1-10(2)13-6-12(22-26-13)16(25)23(3)7-11-4-5-15-21-14(17(18,19)20)9-24(15)8-11/h6,9-11H,4-5,7-8H2,1-3H3. The molecule has 1 amide bonds. The van der Waals surface area contributed by atoms with Gasteiger partial charge in [0.05, 0.1) is 0 Å². The first-order valence-corrected chi connectivity index (χ1v) is 8.50. The van der Waals surface area contributed by atoms with Crippen LogP contribution >= 0.6 is 0 Å². The first kappa shape index (κ1) is 18.5. The fraction of sp³-hybridized carbons (Fsp3) is 0.588. The van der Waals surface area contributed by atoms with Crippen molar-refractivity contribution < 1.29 is 22.5 Å². The van der Waals surface area contributed by atoms with E-state index < -0.39 is 11.9 Å². The van der Waals surface area contributed by atoms with E-state index in [-0.39, 0.29) is 23.4 Å². The minimum Gasteiger partial charge on any atom is -0.360 e. The van der Waals surface area contributed by atoms with E-state index in [9.17, 15) is 18.0 Å². The van der Waals surface area contributed by atoms with E-state index >= 15 is 0 Å². The minimum absolute atomic E-state index is 0.0585. The summed E-state index contributed by atoms with van der Waals surface area (Å²) in [6.07, 6.45) is -2.24. The molecule has 0 N–H and O–H groups in total. The molecule has 9 heteroatoms. The fourth-order valence-electron chi connectivity index (χ4n) is 3.13. The third-order valence-electron chi connectivity index (χ3n) is 4.58. The van der Waals surface area contributed by atoms with E-state index in [1.807, 2.05) is 13.8 Å². The summed E-state index contributed by atoms with van der Waals surface area (Å²) >= 11 is 0. The molecule has 2 aromatic rings. The molecular weight excluding hydrogens is 349 g/mol. The van der Waals surface area contributed by atoms with Crippen LogP contribution in [-0.4, -0.2) is 39.1 Å². The molecule has 1 atom stereocenters. The second kappa shape index (κ2) is 6.77. The van der Waals surface area contributed by atoms with E-state index in [1.54, 1.807) is 22.6 Å². The second-order valence-corrected chi connectivity index (χ2v) is 7.05. The van der Waals surface area contributed by atoms with Crippen molar-refractivity contribution in [1.29, 1.82) is 0 Å². The number of aromatic nitrogens is 3. The molecule has 6 nitrogen and oxygen atoms in total. The molecule has 0 bridgehead atoms. The molecule has 142 valence electrons. The van der Waals surface area contributed by atoms with Crippen LogP contribution in [-0.2, 0) is 19.1 Å². The maximum atomic E-state index is 12.8. The third kappa shape index (κ3) is 3.76. The van der Waals surface area contributed by atoms with E-state index in [0.29, 0.717) is 37.5 Å². The Morgan fingerprint density at radius 2 is 2.19 bits per heavy atom. The normalized spacial score (nSPS) is 17.4. The zero-order valence-corrected chi connectivity index (χ0v) is 14.9. The number of carbonyl (C=O) groups excluding carboxylic acids is 1. The lowest BCUT2D eigenvalue weighted by Gasteiger charge is -2.27. The molecule has 1 aliphatic rings. The summed E-state index contributed by atoms with van der Waals surface area (Å²) in [5.74, 6) is 1.02. The highest BCUT2D eigenvalue weighted by Gasteiger charge is 2.36. The first-order valence-electron chi connectivity index (χ1n) is 8.50. The zero-order valence-electron chi connectivity index (χ0n) is 14.9. The Balaban J connectivity index is 1.64. The number of rotatable bonds is 4. The molecule has 0 spiro atoms. The van der Waals surface area contributed by atoms with Crippen molar-refractivity contribution in [2.75, 3.05) is 13.6 Å². The molecule has 0 aromatic carbocycles. The Morgan fingerprint density at radius 1 is 1.46 bits per heavy atom. The molecule has 1 aliphatic heterocycles. The number of hydrogen-bond donors (Lipinski definition) is 0. The topological polar surface area (TPSA) is 64.2 Å². The van der Waals surface area contributed by atoms with Gasteiger partial charge < -0.3 is 14.0 Å². The summed E-state index contributed by atoms with van der Waals surface area (Å²) in [4.78, 5) is 17.7. The number of carbonyl (C=O) groups is 1. The fourth-order valence-corrected chi connectivity index (χ4v) is 3.13. The molecular formula is C17H21F3N4O2. The average Bonchev–Trinajstić information content (AvgIpc) is 3.20. The van der Waals surface area contributed by atoms with Crippen LogP contribution in [0, 0.1) is 5.92 Å². The Morgan fingerprint density at radius 3 is 2.81 bits per heavy atom. The van der Waals surface area contributed by atoms with Gasteiger partial charge in [0, 0.05) is 44.7 Å². The molecule has 0 saturated carbocycles. The molecule has 0 saturated heterocycles. The highest BCUT2D eigenvalue weighted by Crippen LogP contribution is 2.31. The van der Waals surface area contributed by atoms with Crippen LogP contribution in [0.25, 0.3) is 0 Å². The molecule has 0 radical (unpaired) electrons. The Bertz CT molecular complexity index is 794. The maximum Gasteiger partial charge on any atom is 0.434 e. The predicted molar refractivity (Wildman–Crippen MR) is 86.6 cm³/mol. The Kier molecular flexibility index (Phi) is 4.81. The third-order valence-corrected chi connectivity index (χ3v) is 4.58. The van der Waals surface area contributed by atoms with Gasteiger partial charge in [0.1, 0.15) is 11.6 Å². The zero-order chi connectivity index (χ0) is 19.1. The average molecular weight is 370 g/mol. The van der Waals surface area contributed by atoms with Crippen LogP contribution in [0.2, 0.25) is 0 Å². The molecule has 26 heavy (non-hydrogen) atoms. The van der Waals surface area contributed by atoms with Crippen molar-refractivity contribution >= 4 is 5.91 Å². The van der Waals surface area contributed by atoms with Crippen molar-refractivity contribution in [3.8, 4) is 0 Å². The summed E-state index contributed by atoms with van der Waals surface area (Å²) < 4.78 is 45.1. The molecule has 1 unspecified atom stereocenters. The van der Waals surface area contributed by atoms with Crippen molar-refractivity contribution in [1.82, 2.24) is 19.6 Å². The van der Waals surface area contributed by atoms with Crippen LogP contribution < -0.4 is 0 Å². The predicted octanol–water partition coefficient (Wildman–Crippen LogP) is 3.35. The van der Waals surface area contributed by atoms with Gasteiger partial charge in [-0.1, -0.05) is 19.0 Å². The summed E-state index contributed by atoms with van der Waals surface area (Å²) in [5.41, 5.74) is -0.615. The van der Waals surface area contributed by atoms with Gasteiger partial charge in [0.2, 0.25) is 0 Å². The van der Waals surface area contributed by atoms with Crippen LogP contribution in [0.15, 0.2) is 16.8 Å². The smallest absolute Gasteiger partial charge is 0.360 e. The monoisotopic (exact) mass is 370 g/mol. The summed E-state index contributed by atoms with van der Waals surface area (Å²) in [6.45, 7) is 4.73. The van der Waals surface area contributed by atoms with Crippen molar-refractivity contribution in [3.05, 3.63) is 35.2 Å². The van der Waals surface area contributed by atoms with E-state index in [2.05, 4.69) is 10.1 Å². The van der Waals surface area contributed by atoms with Gasteiger partial charge in [0.25, 0.3) is 5.91 Å². The number of hydrogen-bond acceptors (Lipinski definition) is 4. The Labute approximate surface area is 149 Å². The van der Waals surface area contributed by atoms with Crippen LogP contribution in [0.1, 0.15) is 54.0 Å². The van der Waals surface area contributed by atoms with Crippen LogP contribution in [0.3, 0.4) is 0 Å². The number of imidazole rings is 1. The van der Waals surface area contributed by atoms with E-state index in [4.69, 9.17) is 4.52 Å². The highest BCUT2D eigenvalue weighted by atomic mass is 19.4. The van der Waals surface area contributed by atoms with Gasteiger partial charge in [0.15, 0.2) is 11.4 Å². The minimum atomic E-state index is -4.44. The number of amides is 1. The second-order valence-electron chi connectivity index (χ2n) is 7.05. The van der Waals surface area contributed by atoms with Gasteiger partial charge >= 0.3 is 6.18 Å². The molecule has 0 fully saturated rings. The van der Waals surface area contributed by atoms with Gasteiger partial charge in [-0.2, -0.15) is 13.2 Å². The van der Waals surface area contributed by atoms with Gasteiger partial charge in [-0.25, -0.2) is 4.98 Å². The molecule has 3 heterocycles. The molecule has 0 aliphatic carbocycles. The lowest BCUT2D eigenvalue weighted by atomic mass is 9.99. The summed E-state index contributed by atoms with van der Waals surface area (Å²) in [7, 11) is 1.66. The van der Waals surface area contributed by atoms with Gasteiger partial charge in [-0.3, -0.25) is 4.79 Å². The maximum absolute atomic E-state index is 12.8. The van der Waals surface area contributed by atoms with Crippen molar-refractivity contribution in [3.63, 3.8) is 0 Å². The summed E-state index contributed by atoms with van der Waals surface area (Å²) in [6, 6.07) is 1.63.